The molecule has 0 atom stereocenters. The van der Waals surface area contributed by atoms with Crippen molar-refractivity contribution in [3.05, 3.63) is 97.0 Å². The second kappa shape index (κ2) is 11.9. The smallest absolute Gasteiger partial charge is 0.315 e. The van der Waals surface area contributed by atoms with Gasteiger partial charge in [0, 0.05) is 27.7 Å². The van der Waals surface area contributed by atoms with Gasteiger partial charge in [0.25, 0.3) is 11.5 Å². The standard InChI is InChI=1S/C27H24BrN5O6/c1-16(2)26-31-21-10-9-18(28)13-20(21)27(35)32(26)29-14-17-11-22(33(36)37)25(23(12-17)38-3)39-15-24(34)30-19-7-5-4-6-8-19/h4-14,16H,15H2,1-3H3,(H,30,34). The monoisotopic (exact) mass is 593 g/mol. The summed E-state index contributed by atoms with van der Waals surface area (Å²) in [6, 6.07) is 16.6. The second-order valence-electron chi connectivity index (χ2n) is 8.68. The minimum absolute atomic E-state index is 0.0233. The number of nitro groups is 1. The van der Waals surface area contributed by atoms with Crippen molar-refractivity contribution in [2.75, 3.05) is 19.0 Å². The lowest BCUT2D eigenvalue weighted by molar-refractivity contribution is -0.385. The van der Waals surface area contributed by atoms with Crippen molar-refractivity contribution < 1.29 is 19.2 Å². The van der Waals surface area contributed by atoms with Crippen molar-refractivity contribution in [2.24, 2.45) is 5.10 Å². The van der Waals surface area contributed by atoms with Gasteiger partial charge in [-0.25, -0.2) is 4.98 Å². The second-order valence-corrected chi connectivity index (χ2v) is 9.59. The molecule has 1 aromatic heterocycles. The number of halogens is 1. The summed E-state index contributed by atoms with van der Waals surface area (Å²) in [5.41, 5.74) is 0.558. The van der Waals surface area contributed by atoms with Gasteiger partial charge in [-0.05, 0) is 36.4 Å². The lowest BCUT2D eigenvalue weighted by Crippen LogP contribution is -2.23. The van der Waals surface area contributed by atoms with Crippen LogP contribution in [0.15, 0.2) is 75.0 Å². The Morgan fingerprint density at radius 3 is 2.62 bits per heavy atom. The SMILES string of the molecule is COc1cc(C=Nn2c(C(C)C)nc3ccc(Br)cc3c2=O)cc([N+](=O)[O-])c1OCC(=O)Nc1ccccc1. The number of fused-ring (bicyclic) bond motifs is 1. The topological polar surface area (TPSA) is 138 Å². The Morgan fingerprint density at radius 2 is 1.95 bits per heavy atom. The quantitative estimate of drug-likeness (QED) is 0.162. The Morgan fingerprint density at radius 1 is 1.21 bits per heavy atom. The Balaban J connectivity index is 1.68. The first-order chi connectivity index (χ1) is 18.7. The number of aromatic nitrogens is 2. The maximum Gasteiger partial charge on any atom is 0.315 e. The number of hydrogen-bond acceptors (Lipinski definition) is 8. The first-order valence-electron chi connectivity index (χ1n) is 11.8. The summed E-state index contributed by atoms with van der Waals surface area (Å²) >= 11 is 3.37. The summed E-state index contributed by atoms with van der Waals surface area (Å²) in [6.07, 6.45) is 1.31. The summed E-state index contributed by atoms with van der Waals surface area (Å²) in [6.45, 7) is 3.28. The molecule has 1 heterocycles. The van der Waals surface area contributed by atoms with Crippen molar-refractivity contribution in [1.29, 1.82) is 0 Å². The van der Waals surface area contributed by atoms with Crippen molar-refractivity contribution in [3.8, 4) is 11.5 Å². The van der Waals surface area contributed by atoms with Gasteiger partial charge in [-0.1, -0.05) is 48.0 Å². The summed E-state index contributed by atoms with van der Waals surface area (Å²) in [5, 5.41) is 19.2. The summed E-state index contributed by atoms with van der Waals surface area (Å²) in [7, 11) is 1.32. The number of anilines is 1. The number of nitrogens with zero attached hydrogens (tertiary/aromatic N) is 4. The lowest BCUT2D eigenvalue weighted by Gasteiger charge is -2.13. The van der Waals surface area contributed by atoms with Crippen LogP contribution < -0.4 is 20.3 Å². The van der Waals surface area contributed by atoms with E-state index in [0.29, 0.717) is 22.4 Å². The first kappa shape index (κ1) is 27.5. The van der Waals surface area contributed by atoms with Crippen LogP contribution in [0.3, 0.4) is 0 Å². The van der Waals surface area contributed by atoms with Crippen molar-refractivity contribution in [1.82, 2.24) is 9.66 Å². The van der Waals surface area contributed by atoms with Gasteiger partial charge in [0.1, 0.15) is 5.82 Å². The van der Waals surface area contributed by atoms with Crippen LogP contribution in [0.1, 0.15) is 31.2 Å². The maximum atomic E-state index is 13.3. The summed E-state index contributed by atoms with van der Waals surface area (Å²) < 4.78 is 12.7. The molecule has 11 nitrogen and oxygen atoms in total. The molecule has 200 valence electrons. The number of hydrogen-bond donors (Lipinski definition) is 1. The van der Waals surface area contributed by atoms with Crippen LogP contribution in [0.4, 0.5) is 11.4 Å². The number of amides is 1. The highest BCUT2D eigenvalue weighted by Crippen LogP contribution is 2.38. The highest BCUT2D eigenvalue weighted by atomic mass is 79.9. The molecular weight excluding hydrogens is 570 g/mol. The Hall–Kier alpha value is -4.58. The van der Waals surface area contributed by atoms with Crippen LogP contribution >= 0.6 is 15.9 Å². The maximum absolute atomic E-state index is 13.3. The number of nitro benzene ring substituents is 1. The number of ether oxygens (including phenoxy) is 2. The molecule has 4 aromatic rings. The van der Waals surface area contributed by atoms with E-state index in [9.17, 15) is 19.7 Å². The average molecular weight is 594 g/mol. The van der Waals surface area contributed by atoms with Crippen LogP contribution in [0.25, 0.3) is 10.9 Å². The van der Waals surface area contributed by atoms with E-state index in [4.69, 9.17) is 9.47 Å². The fourth-order valence-electron chi connectivity index (χ4n) is 3.75. The minimum Gasteiger partial charge on any atom is -0.493 e. The van der Waals surface area contributed by atoms with Gasteiger partial charge in [0.15, 0.2) is 12.4 Å². The normalized spacial score (nSPS) is 11.2. The lowest BCUT2D eigenvalue weighted by atomic mass is 10.1. The van der Waals surface area contributed by atoms with Crippen LogP contribution in [0, 0.1) is 10.1 Å². The Kier molecular flexibility index (Phi) is 8.35. The zero-order valence-electron chi connectivity index (χ0n) is 21.3. The largest absolute Gasteiger partial charge is 0.493 e. The predicted octanol–water partition coefficient (Wildman–Crippen LogP) is 5.10. The van der Waals surface area contributed by atoms with Gasteiger partial charge in [0.2, 0.25) is 5.75 Å². The number of methoxy groups -OCH3 is 1. The van der Waals surface area contributed by atoms with E-state index in [1.165, 1.54) is 30.1 Å². The highest BCUT2D eigenvalue weighted by molar-refractivity contribution is 9.10. The van der Waals surface area contributed by atoms with Crippen molar-refractivity contribution in [2.45, 2.75) is 19.8 Å². The number of rotatable bonds is 9. The van der Waals surface area contributed by atoms with Crippen LogP contribution in [-0.4, -0.2) is 40.4 Å². The Labute approximate surface area is 231 Å². The average Bonchev–Trinajstić information content (AvgIpc) is 2.91. The first-order valence-corrected chi connectivity index (χ1v) is 12.6. The van der Waals surface area contributed by atoms with E-state index in [2.05, 4.69) is 31.3 Å². The van der Waals surface area contributed by atoms with Gasteiger partial charge >= 0.3 is 5.69 Å². The molecule has 3 aromatic carbocycles. The minimum atomic E-state index is -0.648. The number of benzene rings is 3. The van der Waals surface area contributed by atoms with Gasteiger partial charge in [-0.3, -0.25) is 19.7 Å². The van der Waals surface area contributed by atoms with E-state index >= 15 is 0 Å². The molecule has 1 amide bonds. The molecule has 0 aliphatic rings. The Bertz CT molecular complexity index is 1640. The molecule has 0 spiro atoms. The van der Waals surface area contributed by atoms with E-state index in [1.807, 2.05) is 13.8 Å². The van der Waals surface area contributed by atoms with Crippen molar-refractivity contribution >= 4 is 50.3 Å². The molecule has 1 N–H and O–H groups in total. The van der Waals surface area contributed by atoms with Gasteiger partial charge in [-0.15, -0.1) is 0 Å². The molecule has 0 fully saturated rings. The third-order valence-corrected chi connectivity index (χ3v) is 6.04. The van der Waals surface area contributed by atoms with Crippen molar-refractivity contribution in [3.63, 3.8) is 0 Å². The number of nitrogens with one attached hydrogen (secondary N) is 1. The third-order valence-electron chi connectivity index (χ3n) is 5.55. The van der Waals surface area contributed by atoms with Gasteiger partial charge < -0.3 is 14.8 Å². The highest BCUT2D eigenvalue weighted by Gasteiger charge is 2.23. The third kappa shape index (κ3) is 6.29. The molecule has 4 rings (SSSR count). The van der Waals surface area contributed by atoms with Gasteiger partial charge in [-0.2, -0.15) is 9.78 Å². The van der Waals surface area contributed by atoms with E-state index in [1.54, 1.807) is 48.5 Å². The number of carbonyl (C=O) groups is 1. The van der Waals surface area contributed by atoms with Crippen LogP contribution in [0.2, 0.25) is 0 Å². The molecule has 12 heteroatoms. The number of para-hydroxylation sites is 1. The van der Waals surface area contributed by atoms with E-state index in [-0.39, 0.29) is 28.5 Å². The fourth-order valence-corrected chi connectivity index (χ4v) is 4.11. The van der Waals surface area contributed by atoms with E-state index in [0.717, 1.165) is 4.47 Å². The molecule has 0 unspecified atom stereocenters. The fraction of sp³-hybridized carbons (Fsp3) is 0.185. The summed E-state index contributed by atoms with van der Waals surface area (Å²) in [4.78, 5) is 41.4. The molecule has 0 aliphatic carbocycles. The molecular formula is C27H24BrN5O6. The molecule has 0 radical (unpaired) electrons. The molecule has 0 bridgehead atoms. The number of carbonyl (C=O) groups excluding carboxylic acids is 1. The molecule has 39 heavy (non-hydrogen) atoms. The molecule has 0 aliphatic heterocycles. The molecule has 0 saturated heterocycles. The zero-order valence-corrected chi connectivity index (χ0v) is 22.8. The predicted molar refractivity (Wildman–Crippen MR) is 151 cm³/mol. The summed E-state index contributed by atoms with van der Waals surface area (Å²) in [5.74, 6) is -0.393. The zero-order chi connectivity index (χ0) is 28.1. The van der Waals surface area contributed by atoms with Gasteiger partial charge in [0.05, 0.1) is 29.2 Å². The van der Waals surface area contributed by atoms with E-state index < -0.39 is 23.1 Å². The van der Waals surface area contributed by atoms with Crippen LogP contribution in [0.5, 0.6) is 11.5 Å². The molecule has 0 saturated carbocycles. The van der Waals surface area contributed by atoms with Crippen LogP contribution in [-0.2, 0) is 4.79 Å².